The molecular formula is C53H63Cl2FN10O4. The fourth-order valence-electron chi connectivity index (χ4n) is 8.14. The molecule has 0 radical (unpaired) electrons. The number of para-hydroxylation sites is 1. The first-order chi connectivity index (χ1) is 33.8. The molecule has 0 bridgehead atoms. The van der Waals surface area contributed by atoms with Gasteiger partial charge in [0.1, 0.15) is 29.0 Å². The summed E-state index contributed by atoms with van der Waals surface area (Å²) in [7, 11) is 5.61. The van der Waals surface area contributed by atoms with E-state index in [2.05, 4.69) is 32.0 Å². The molecule has 370 valence electrons. The number of hydrogen-bond acceptors (Lipinski definition) is 11. The Morgan fingerprint density at radius 2 is 1.36 bits per heavy atom. The first kappa shape index (κ1) is 52.9. The SMILES string of the molecule is CC.CCN(C)CCN(C=O)c1ccc(-c2cccc(-c3ccnc(N4CCNCC4)c3)c2O)cc1Cl.CN1CCN(c2ccc(-c3cc(F)cc(-c4ccnc(N(C)CCN)c4)c3O)cc2Cl)C1=O. The molecule has 0 atom stereocenters. The van der Waals surface area contributed by atoms with Gasteiger partial charge in [0, 0.05) is 114 Å². The van der Waals surface area contributed by atoms with Gasteiger partial charge in [-0.25, -0.2) is 19.2 Å². The maximum Gasteiger partial charge on any atom is 0.324 e. The molecule has 0 spiro atoms. The Morgan fingerprint density at radius 3 is 1.96 bits per heavy atom. The number of rotatable bonds is 15. The number of benzene rings is 4. The number of aromatic hydroxyl groups is 2. The minimum absolute atomic E-state index is 0.0733. The molecule has 2 fully saturated rings. The molecule has 70 heavy (non-hydrogen) atoms. The van der Waals surface area contributed by atoms with Gasteiger partial charge >= 0.3 is 6.03 Å². The number of carbonyl (C=O) groups is 2. The average molecular weight is 994 g/mol. The molecule has 14 nitrogen and oxygen atoms in total. The molecule has 3 amide bonds. The molecule has 17 heteroatoms. The number of pyridine rings is 2. The van der Waals surface area contributed by atoms with E-state index in [1.807, 2.05) is 75.3 Å². The van der Waals surface area contributed by atoms with Crippen molar-refractivity contribution in [1.82, 2.24) is 25.1 Å². The zero-order chi connectivity index (χ0) is 50.5. The van der Waals surface area contributed by atoms with Gasteiger partial charge in [0.2, 0.25) is 6.41 Å². The van der Waals surface area contributed by atoms with Crippen molar-refractivity contribution in [2.45, 2.75) is 20.8 Å². The Morgan fingerprint density at radius 1 is 0.757 bits per heavy atom. The highest BCUT2D eigenvalue weighted by molar-refractivity contribution is 6.34. The van der Waals surface area contributed by atoms with Crippen molar-refractivity contribution in [3.8, 4) is 56.0 Å². The number of nitrogens with one attached hydrogen (secondary N) is 1. The number of piperazine rings is 1. The quantitative estimate of drug-likeness (QED) is 0.0727. The molecule has 5 N–H and O–H groups in total. The number of urea groups is 1. The summed E-state index contributed by atoms with van der Waals surface area (Å²) in [5.74, 6) is 1.18. The van der Waals surface area contributed by atoms with Crippen LogP contribution in [0.3, 0.4) is 0 Å². The predicted molar refractivity (Wildman–Crippen MR) is 284 cm³/mol. The van der Waals surface area contributed by atoms with Gasteiger partial charge in [-0.3, -0.25) is 9.69 Å². The third kappa shape index (κ3) is 12.4. The molecule has 0 unspecified atom stereocenters. The van der Waals surface area contributed by atoms with Crippen molar-refractivity contribution >= 4 is 58.7 Å². The van der Waals surface area contributed by atoms with E-state index in [1.165, 1.54) is 12.1 Å². The summed E-state index contributed by atoms with van der Waals surface area (Å²) in [6.45, 7) is 14.2. The minimum atomic E-state index is -0.497. The Balaban J connectivity index is 0.000000222. The summed E-state index contributed by atoms with van der Waals surface area (Å²) < 4.78 is 14.6. The number of nitrogens with two attached hydrogens (primary N) is 1. The second kappa shape index (κ2) is 24.9. The summed E-state index contributed by atoms with van der Waals surface area (Å²) >= 11 is 13.1. The number of nitrogens with zero attached hydrogens (tertiary/aromatic N) is 8. The number of phenols is 2. The number of aromatic nitrogens is 2. The highest BCUT2D eigenvalue weighted by atomic mass is 35.5. The highest BCUT2D eigenvalue weighted by Gasteiger charge is 2.28. The van der Waals surface area contributed by atoms with E-state index in [4.69, 9.17) is 28.9 Å². The minimum Gasteiger partial charge on any atom is -0.507 e. The van der Waals surface area contributed by atoms with Crippen LogP contribution in [0, 0.1) is 5.82 Å². The van der Waals surface area contributed by atoms with Crippen LogP contribution in [0.2, 0.25) is 10.0 Å². The van der Waals surface area contributed by atoms with E-state index in [0.29, 0.717) is 87.8 Å². The van der Waals surface area contributed by atoms with Gasteiger partial charge in [-0.15, -0.1) is 0 Å². The highest BCUT2D eigenvalue weighted by Crippen LogP contribution is 2.43. The Labute approximate surface area is 420 Å². The average Bonchev–Trinajstić information content (AvgIpc) is 3.72. The lowest BCUT2D eigenvalue weighted by atomic mass is 9.97. The molecule has 4 aromatic carbocycles. The number of anilines is 4. The summed E-state index contributed by atoms with van der Waals surface area (Å²) in [5, 5.41) is 26.5. The van der Waals surface area contributed by atoms with Crippen LogP contribution < -0.4 is 30.7 Å². The maximum absolute atomic E-state index is 14.6. The summed E-state index contributed by atoms with van der Waals surface area (Å²) in [6.07, 6.45) is 4.20. The number of halogens is 3. The van der Waals surface area contributed by atoms with Crippen LogP contribution in [-0.4, -0.2) is 136 Å². The van der Waals surface area contributed by atoms with E-state index in [-0.39, 0.29) is 17.5 Å². The second-order valence-electron chi connectivity index (χ2n) is 16.7. The number of carbonyl (C=O) groups excluding carboxylic acids is 2. The van der Waals surface area contributed by atoms with Crippen molar-refractivity contribution in [3.05, 3.63) is 119 Å². The normalized spacial score (nSPS) is 13.4. The van der Waals surface area contributed by atoms with Gasteiger partial charge in [-0.05, 0) is 96.5 Å². The molecule has 4 heterocycles. The van der Waals surface area contributed by atoms with E-state index in [9.17, 15) is 24.2 Å². The van der Waals surface area contributed by atoms with Crippen molar-refractivity contribution in [3.63, 3.8) is 0 Å². The van der Waals surface area contributed by atoms with Crippen LogP contribution in [-0.2, 0) is 4.79 Å². The van der Waals surface area contributed by atoms with Crippen LogP contribution in [0.5, 0.6) is 11.5 Å². The molecule has 8 rings (SSSR count). The fraction of sp³-hybridized carbons (Fsp3) is 0.321. The largest absolute Gasteiger partial charge is 0.507 e. The third-order valence-corrected chi connectivity index (χ3v) is 12.8. The molecule has 0 saturated carbocycles. The monoisotopic (exact) mass is 992 g/mol. The van der Waals surface area contributed by atoms with E-state index < -0.39 is 5.82 Å². The van der Waals surface area contributed by atoms with Gasteiger partial charge in [0.05, 0.1) is 21.4 Å². The molecule has 2 aliphatic heterocycles. The van der Waals surface area contributed by atoms with Crippen LogP contribution in [0.25, 0.3) is 44.5 Å². The molecule has 2 aromatic heterocycles. The zero-order valence-electron chi connectivity index (χ0n) is 40.7. The number of likely N-dealkylation sites (N-methyl/N-ethyl adjacent to an activating group) is 3. The van der Waals surface area contributed by atoms with E-state index in [0.717, 1.165) is 68.2 Å². The van der Waals surface area contributed by atoms with Gasteiger partial charge in [0.15, 0.2) is 0 Å². The van der Waals surface area contributed by atoms with Gasteiger partial charge in [0.25, 0.3) is 0 Å². The van der Waals surface area contributed by atoms with Crippen LogP contribution >= 0.6 is 23.2 Å². The lowest BCUT2D eigenvalue weighted by molar-refractivity contribution is -0.107. The van der Waals surface area contributed by atoms with Crippen molar-refractivity contribution in [1.29, 1.82) is 0 Å². The molecule has 6 aromatic rings. The van der Waals surface area contributed by atoms with Crippen LogP contribution in [0.4, 0.5) is 32.2 Å². The maximum atomic E-state index is 14.6. The van der Waals surface area contributed by atoms with Crippen molar-refractivity contribution in [2.75, 3.05) is 113 Å². The van der Waals surface area contributed by atoms with Crippen LogP contribution in [0.1, 0.15) is 20.8 Å². The van der Waals surface area contributed by atoms with E-state index in [1.54, 1.807) is 70.5 Å². The molecule has 0 aliphatic carbocycles. The van der Waals surface area contributed by atoms with E-state index >= 15 is 0 Å². The predicted octanol–water partition coefficient (Wildman–Crippen LogP) is 9.31. The number of hydrogen-bond donors (Lipinski definition) is 4. The molecular weight excluding hydrogens is 931 g/mol. The Hall–Kier alpha value is -6.49. The summed E-state index contributed by atoms with van der Waals surface area (Å²) in [6, 6.07) is 26.1. The topological polar surface area (TPSA) is 158 Å². The van der Waals surface area contributed by atoms with Gasteiger partial charge in [-0.1, -0.05) is 74.3 Å². The summed E-state index contributed by atoms with van der Waals surface area (Å²) in [4.78, 5) is 44.0. The summed E-state index contributed by atoms with van der Waals surface area (Å²) in [5.41, 5.74) is 11.8. The first-order valence-corrected chi connectivity index (χ1v) is 24.2. The molecule has 2 aliphatic rings. The Kier molecular flexibility index (Phi) is 18.8. The van der Waals surface area contributed by atoms with Crippen LogP contribution in [0.15, 0.2) is 103 Å². The fourth-order valence-corrected chi connectivity index (χ4v) is 8.71. The lowest BCUT2D eigenvalue weighted by Gasteiger charge is -2.28. The van der Waals surface area contributed by atoms with Crippen molar-refractivity contribution in [2.24, 2.45) is 5.73 Å². The number of amides is 3. The molecule has 2 saturated heterocycles. The standard InChI is InChI=1S/C27H32ClN5O2.C24H25ClFN5O2.C2H6/c1-3-31(2)15-16-33(19-34)25-8-7-20(17-24(25)28)22-5-4-6-23(27(22)35)21-9-10-30-26(18-21)32-13-11-29-12-14-32;1-29(8-6-27)22-12-16(5-7-28-22)19-14-17(26)13-18(23(19)32)15-3-4-21(20(25)11-15)31-10-9-30(2)24(31)33;1-2/h4-10,17-19,29,35H,3,11-16H2,1-2H3;3-5,7,11-14,32H,6,8-10,27H2,1-2H3;1-2H3. The second-order valence-corrected chi connectivity index (χ2v) is 17.5. The zero-order valence-corrected chi connectivity index (χ0v) is 42.2. The smallest absolute Gasteiger partial charge is 0.324 e. The first-order valence-electron chi connectivity index (χ1n) is 23.5. The lowest BCUT2D eigenvalue weighted by Crippen LogP contribution is -2.43. The Bertz CT molecular complexity index is 2740. The van der Waals surface area contributed by atoms with Gasteiger partial charge in [-0.2, -0.15) is 0 Å². The third-order valence-electron chi connectivity index (χ3n) is 12.2. The van der Waals surface area contributed by atoms with Gasteiger partial charge < -0.3 is 45.8 Å². The number of phenolic OH excluding ortho intramolecular Hbond substituents is 2. The van der Waals surface area contributed by atoms with Crippen molar-refractivity contribution < 1.29 is 24.2 Å².